The van der Waals surface area contributed by atoms with Crippen molar-refractivity contribution in [2.75, 3.05) is 4.72 Å². The van der Waals surface area contributed by atoms with E-state index in [-0.39, 0.29) is 11.7 Å². The van der Waals surface area contributed by atoms with Gasteiger partial charge in [0.15, 0.2) is 0 Å². The summed E-state index contributed by atoms with van der Waals surface area (Å²) in [5, 5.41) is 1.05. The normalized spacial score (nSPS) is 10.5. The first-order valence-electron chi connectivity index (χ1n) is 4.44. The summed E-state index contributed by atoms with van der Waals surface area (Å²) in [6, 6.07) is 2.87. The maximum atomic E-state index is 13.6. The molecule has 1 aromatic carbocycles. The van der Waals surface area contributed by atoms with Crippen molar-refractivity contribution in [3.8, 4) is 0 Å². The third-order valence-electron chi connectivity index (χ3n) is 1.85. The highest BCUT2D eigenvalue weighted by Crippen LogP contribution is 2.29. The van der Waals surface area contributed by atoms with Crippen LogP contribution in [0, 0.1) is 5.82 Å². The molecular weight excluding hydrogens is 304 g/mol. The second kappa shape index (κ2) is 5.86. The number of benzene rings is 1. The topological polar surface area (TPSA) is 37.8 Å². The lowest BCUT2D eigenvalue weighted by Gasteiger charge is -2.06. The average Bonchev–Trinajstić information content (AvgIpc) is 2.82. The quantitative estimate of drug-likeness (QED) is 0.679. The Bertz CT molecular complexity index is 507. The summed E-state index contributed by atoms with van der Waals surface area (Å²) in [6.07, 6.45) is 1.42. The minimum Gasteiger partial charge on any atom is -0.300 e. The van der Waals surface area contributed by atoms with E-state index in [1.165, 1.54) is 30.0 Å². The molecule has 0 atom stereocenters. The second-order valence-electron chi connectivity index (χ2n) is 2.96. The van der Waals surface area contributed by atoms with Gasteiger partial charge < -0.3 is 4.72 Å². The molecule has 2 rings (SSSR count). The highest BCUT2D eigenvalue weighted by atomic mass is 35.5. The lowest BCUT2D eigenvalue weighted by Crippen LogP contribution is -1.91. The number of nitrogens with one attached hydrogen (secondary N) is 1. The number of alkyl halides is 1. The molecule has 1 N–H and O–H groups in total. The Morgan fingerprint density at radius 3 is 2.94 bits per heavy atom. The Labute approximate surface area is 116 Å². The molecule has 0 aliphatic rings. The van der Waals surface area contributed by atoms with Crippen LogP contribution in [0.5, 0.6) is 0 Å². The molecule has 0 amide bonds. The van der Waals surface area contributed by atoms with Gasteiger partial charge in [-0.25, -0.2) is 9.37 Å². The Balaban J connectivity index is 2.13. The Morgan fingerprint density at radius 1 is 1.47 bits per heavy atom. The Hall–Kier alpha value is -0.560. The highest BCUT2D eigenvalue weighted by Gasteiger charge is 2.09. The molecule has 90 valence electrons. The lowest BCUT2D eigenvalue weighted by molar-refractivity contribution is 0.600. The van der Waals surface area contributed by atoms with Crippen LogP contribution in [-0.2, 0) is 5.88 Å². The van der Waals surface area contributed by atoms with Crippen LogP contribution >= 0.6 is 46.7 Å². The molecule has 17 heavy (non-hydrogen) atoms. The maximum absolute atomic E-state index is 13.6. The van der Waals surface area contributed by atoms with Crippen molar-refractivity contribution in [1.82, 2.24) is 9.36 Å². The fourth-order valence-electron chi connectivity index (χ4n) is 1.07. The van der Waals surface area contributed by atoms with E-state index in [9.17, 15) is 4.39 Å². The fourth-order valence-corrected chi connectivity index (χ4v) is 2.80. The van der Waals surface area contributed by atoms with Gasteiger partial charge in [0.25, 0.3) is 0 Å². The largest absolute Gasteiger partial charge is 0.300 e. The van der Waals surface area contributed by atoms with Crippen LogP contribution in [0.15, 0.2) is 23.4 Å². The first kappa shape index (κ1) is 12.9. The Morgan fingerprint density at radius 2 is 2.29 bits per heavy atom. The van der Waals surface area contributed by atoms with E-state index in [4.69, 9.17) is 23.2 Å². The fraction of sp³-hybridized carbons (Fsp3) is 0.111. The van der Waals surface area contributed by atoms with Crippen molar-refractivity contribution in [3.05, 3.63) is 34.9 Å². The molecule has 0 aliphatic carbocycles. The summed E-state index contributed by atoms with van der Waals surface area (Å²) in [4.78, 5) is 4.30. The summed E-state index contributed by atoms with van der Waals surface area (Å²) in [6.45, 7) is 0. The number of anilines is 1. The average molecular weight is 310 g/mol. The number of rotatable bonds is 4. The van der Waals surface area contributed by atoms with Crippen molar-refractivity contribution in [1.29, 1.82) is 0 Å². The van der Waals surface area contributed by atoms with Gasteiger partial charge in [-0.15, -0.1) is 11.6 Å². The third-order valence-corrected chi connectivity index (χ3v) is 4.03. The zero-order valence-corrected chi connectivity index (χ0v) is 11.4. The SMILES string of the molecule is Fc1cc(CCl)c(Cl)cc1SNc1ncns1. The van der Waals surface area contributed by atoms with Gasteiger partial charge in [0.1, 0.15) is 12.1 Å². The molecule has 0 spiro atoms. The van der Waals surface area contributed by atoms with Crippen LogP contribution in [-0.4, -0.2) is 9.36 Å². The molecule has 3 nitrogen and oxygen atoms in total. The first-order valence-corrected chi connectivity index (χ1v) is 6.94. The van der Waals surface area contributed by atoms with E-state index in [1.807, 2.05) is 0 Å². The summed E-state index contributed by atoms with van der Waals surface area (Å²) < 4.78 is 20.3. The van der Waals surface area contributed by atoms with Gasteiger partial charge in [-0.05, 0) is 29.6 Å². The number of nitrogens with zero attached hydrogens (tertiary/aromatic N) is 2. The molecule has 8 heteroatoms. The van der Waals surface area contributed by atoms with Crippen molar-refractivity contribution < 1.29 is 4.39 Å². The zero-order chi connectivity index (χ0) is 12.3. The molecule has 0 bridgehead atoms. The summed E-state index contributed by atoms with van der Waals surface area (Å²) >= 11 is 13.9. The minimum absolute atomic E-state index is 0.185. The van der Waals surface area contributed by atoms with Crippen LogP contribution in [0.3, 0.4) is 0 Å². The van der Waals surface area contributed by atoms with Crippen LogP contribution in [0.4, 0.5) is 9.52 Å². The smallest absolute Gasteiger partial charge is 0.212 e. The zero-order valence-electron chi connectivity index (χ0n) is 8.28. The summed E-state index contributed by atoms with van der Waals surface area (Å²) in [5.74, 6) is -0.183. The predicted octanol–water partition coefficient (Wildman–Crippen LogP) is 4.19. The standard InChI is InChI=1S/C9H6Cl2FN3S2/c10-3-5-1-7(12)8(2-6(5)11)16-15-9-13-4-14-17-9/h1-2,4H,3H2,(H,13,14,15). The number of aromatic nitrogens is 2. The monoisotopic (exact) mass is 309 g/mol. The van der Waals surface area contributed by atoms with E-state index in [0.717, 1.165) is 11.9 Å². The van der Waals surface area contributed by atoms with Crippen molar-refractivity contribution >= 4 is 51.8 Å². The van der Waals surface area contributed by atoms with E-state index in [1.54, 1.807) is 0 Å². The van der Waals surface area contributed by atoms with Crippen LogP contribution in [0.2, 0.25) is 5.02 Å². The molecular formula is C9H6Cl2FN3S2. The van der Waals surface area contributed by atoms with Crippen molar-refractivity contribution in [3.63, 3.8) is 0 Å². The van der Waals surface area contributed by atoms with Crippen LogP contribution < -0.4 is 4.72 Å². The lowest BCUT2D eigenvalue weighted by atomic mass is 10.2. The van der Waals surface area contributed by atoms with Gasteiger partial charge >= 0.3 is 0 Å². The van der Waals surface area contributed by atoms with Gasteiger partial charge in [0, 0.05) is 22.4 Å². The van der Waals surface area contributed by atoms with Crippen molar-refractivity contribution in [2.24, 2.45) is 0 Å². The van der Waals surface area contributed by atoms with Gasteiger partial charge in [-0.3, -0.25) is 0 Å². The van der Waals surface area contributed by atoms with E-state index in [2.05, 4.69) is 14.1 Å². The molecule has 1 heterocycles. The number of halogens is 3. The predicted molar refractivity (Wildman–Crippen MR) is 70.4 cm³/mol. The Kier molecular flexibility index (Phi) is 4.44. The second-order valence-corrected chi connectivity index (χ2v) is 5.26. The molecule has 2 aromatic rings. The molecule has 0 saturated carbocycles. The van der Waals surface area contributed by atoms with Gasteiger partial charge in [0.05, 0.1) is 4.90 Å². The molecule has 0 unspecified atom stereocenters. The highest BCUT2D eigenvalue weighted by molar-refractivity contribution is 8.00. The number of hydrogen-bond acceptors (Lipinski definition) is 5. The molecule has 0 saturated heterocycles. The summed E-state index contributed by atoms with van der Waals surface area (Å²) in [5.41, 5.74) is 0.575. The maximum Gasteiger partial charge on any atom is 0.212 e. The molecule has 0 fully saturated rings. The van der Waals surface area contributed by atoms with E-state index >= 15 is 0 Å². The van der Waals surface area contributed by atoms with Gasteiger partial charge in [0.2, 0.25) is 5.13 Å². The molecule has 0 aliphatic heterocycles. The van der Waals surface area contributed by atoms with Gasteiger partial charge in [-0.1, -0.05) is 11.6 Å². The molecule has 0 radical (unpaired) electrons. The van der Waals surface area contributed by atoms with E-state index in [0.29, 0.717) is 20.6 Å². The van der Waals surface area contributed by atoms with E-state index < -0.39 is 0 Å². The number of hydrogen-bond donors (Lipinski definition) is 1. The molecule has 1 aromatic heterocycles. The summed E-state index contributed by atoms with van der Waals surface area (Å²) in [7, 11) is 0. The van der Waals surface area contributed by atoms with Crippen molar-refractivity contribution in [2.45, 2.75) is 10.8 Å². The van der Waals surface area contributed by atoms with Crippen LogP contribution in [0.25, 0.3) is 0 Å². The van der Waals surface area contributed by atoms with Crippen LogP contribution in [0.1, 0.15) is 5.56 Å². The third kappa shape index (κ3) is 3.22. The minimum atomic E-state index is -0.368. The first-order chi connectivity index (χ1) is 8.20. The van der Waals surface area contributed by atoms with Gasteiger partial charge in [-0.2, -0.15) is 4.37 Å².